The van der Waals surface area contributed by atoms with Crippen molar-refractivity contribution >= 4 is 11.3 Å². The fourth-order valence-electron chi connectivity index (χ4n) is 3.15. The molecule has 1 heterocycles. The standard InChI is InChI=1S/C18H19NOS/c1-2-15-7-8-16(21-15)17(20)18(12-19)10-9-13-5-3-4-6-14(13)11-18/h3-8,17,20H,2,9-11H2,1H3. The third-order valence-electron chi connectivity index (χ3n) is 4.51. The van der Waals surface area contributed by atoms with Crippen LogP contribution in [0.25, 0.3) is 0 Å². The van der Waals surface area contributed by atoms with E-state index in [0.29, 0.717) is 6.42 Å². The summed E-state index contributed by atoms with van der Waals surface area (Å²) in [7, 11) is 0. The predicted octanol–water partition coefficient (Wildman–Crippen LogP) is 4.04. The first-order valence-electron chi connectivity index (χ1n) is 7.43. The summed E-state index contributed by atoms with van der Waals surface area (Å²) in [5.74, 6) is 0. The van der Waals surface area contributed by atoms with Gasteiger partial charge in [0, 0.05) is 9.75 Å². The van der Waals surface area contributed by atoms with Crippen molar-refractivity contribution in [2.75, 3.05) is 0 Å². The fraction of sp³-hybridized carbons (Fsp3) is 0.389. The van der Waals surface area contributed by atoms with Crippen LogP contribution in [0.2, 0.25) is 0 Å². The molecular formula is C18H19NOS. The molecule has 0 saturated heterocycles. The van der Waals surface area contributed by atoms with E-state index in [2.05, 4.69) is 31.2 Å². The van der Waals surface area contributed by atoms with Gasteiger partial charge in [-0.15, -0.1) is 11.3 Å². The van der Waals surface area contributed by atoms with Crippen LogP contribution >= 0.6 is 11.3 Å². The van der Waals surface area contributed by atoms with Crippen molar-refractivity contribution in [3.05, 3.63) is 57.3 Å². The largest absolute Gasteiger partial charge is 0.386 e. The molecule has 0 fully saturated rings. The molecule has 0 radical (unpaired) electrons. The molecule has 1 aliphatic rings. The van der Waals surface area contributed by atoms with E-state index < -0.39 is 11.5 Å². The van der Waals surface area contributed by atoms with Crippen molar-refractivity contribution < 1.29 is 5.11 Å². The number of aliphatic hydroxyl groups is 1. The van der Waals surface area contributed by atoms with Gasteiger partial charge in [-0.1, -0.05) is 31.2 Å². The highest BCUT2D eigenvalue weighted by Crippen LogP contribution is 2.45. The van der Waals surface area contributed by atoms with E-state index in [9.17, 15) is 10.4 Å². The van der Waals surface area contributed by atoms with Gasteiger partial charge in [-0.05, 0) is 48.9 Å². The monoisotopic (exact) mass is 297 g/mol. The molecule has 0 saturated carbocycles. The van der Waals surface area contributed by atoms with Gasteiger partial charge in [0.1, 0.15) is 6.10 Å². The summed E-state index contributed by atoms with van der Waals surface area (Å²) < 4.78 is 0. The van der Waals surface area contributed by atoms with E-state index >= 15 is 0 Å². The Morgan fingerprint density at radius 1 is 1.29 bits per heavy atom. The molecule has 2 nitrogen and oxygen atoms in total. The average Bonchev–Trinajstić information content (AvgIpc) is 3.02. The number of nitrogens with zero attached hydrogens (tertiary/aromatic N) is 1. The number of benzene rings is 1. The zero-order valence-electron chi connectivity index (χ0n) is 12.2. The molecule has 1 N–H and O–H groups in total. The van der Waals surface area contributed by atoms with Gasteiger partial charge in [0.25, 0.3) is 0 Å². The van der Waals surface area contributed by atoms with Crippen LogP contribution in [0.4, 0.5) is 0 Å². The highest BCUT2D eigenvalue weighted by molar-refractivity contribution is 7.12. The minimum absolute atomic E-state index is 0.639. The summed E-state index contributed by atoms with van der Waals surface area (Å²) in [6.45, 7) is 2.11. The van der Waals surface area contributed by atoms with Gasteiger partial charge in [0.05, 0.1) is 11.5 Å². The van der Waals surface area contributed by atoms with Crippen molar-refractivity contribution in [1.29, 1.82) is 5.26 Å². The van der Waals surface area contributed by atoms with Crippen LogP contribution in [0, 0.1) is 16.7 Å². The maximum atomic E-state index is 10.8. The zero-order chi connectivity index (χ0) is 14.9. The van der Waals surface area contributed by atoms with Crippen LogP contribution in [-0.2, 0) is 19.3 Å². The molecule has 108 valence electrons. The van der Waals surface area contributed by atoms with E-state index in [-0.39, 0.29) is 0 Å². The number of hydrogen-bond acceptors (Lipinski definition) is 3. The van der Waals surface area contributed by atoms with Crippen LogP contribution in [-0.4, -0.2) is 5.11 Å². The second-order valence-electron chi connectivity index (χ2n) is 5.77. The highest BCUT2D eigenvalue weighted by Gasteiger charge is 2.42. The molecule has 2 unspecified atom stereocenters. The quantitative estimate of drug-likeness (QED) is 0.929. The molecule has 0 amide bonds. The van der Waals surface area contributed by atoms with E-state index in [1.807, 2.05) is 18.2 Å². The fourth-order valence-corrected chi connectivity index (χ4v) is 4.21. The Labute approximate surface area is 129 Å². The number of aliphatic hydroxyl groups excluding tert-OH is 1. The predicted molar refractivity (Wildman–Crippen MR) is 85.2 cm³/mol. The second kappa shape index (κ2) is 5.63. The topological polar surface area (TPSA) is 44.0 Å². The van der Waals surface area contributed by atoms with Gasteiger partial charge in [0.15, 0.2) is 0 Å². The molecule has 0 spiro atoms. The molecule has 3 rings (SSSR count). The summed E-state index contributed by atoms with van der Waals surface area (Å²) in [4.78, 5) is 2.18. The van der Waals surface area contributed by atoms with Crippen LogP contribution in [0.1, 0.15) is 40.3 Å². The maximum Gasteiger partial charge on any atom is 0.107 e. The van der Waals surface area contributed by atoms with Crippen molar-refractivity contribution in [1.82, 2.24) is 0 Å². The van der Waals surface area contributed by atoms with Crippen molar-refractivity contribution in [2.24, 2.45) is 5.41 Å². The Morgan fingerprint density at radius 3 is 2.71 bits per heavy atom. The Balaban J connectivity index is 1.93. The number of aryl methyl sites for hydroxylation is 2. The van der Waals surface area contributed by atoms with E-state index in [4.69, 9.17) is 0 Å². The van der Waals surface area contributed by atoms with Gasteiger partial charge < -0.3 is 5.11 Å². The summed E-state index contributed by atoms with van der Waals surface area (Å²) >= 11 is 1.63. The third kappa shape index (κ3) is 2.50. The molecule has 1 aromatic carbocycles. The van der Waals surface area contributed by atoms with Crippen molar-refractivity contribution in [2.45, 2.75) is 38.7 Å². The first-order chi connectivity index (χ1) is 10.2. The van der Waals surface area contributed by atoms with E-state index in [1.54, 1.807) is 11.3 Å². The Kier molecular flexibility index (Phi) is 3.84. The maximum absolute atomic E-state index is 10.8. The highest BCUT2D eigenvalue weighted by atomic mass is 32.1. The molecule has 1 aromatic heterocycles. The second-order valence-corrected chi connectivity index (χ2v) is 6.97. The Hall–Kier alpha value is -1.63. The van der Waals surface area contributed by atoms with Gasteiger partial charge in [-0.25, -0.2) is 0 Å². The Morgan fingerprint density at radius 2 is 2.05 bits per heavy atom. The third-order valence-corrected chi connectivity index (χ3v) is 5.79. The minimum atomic E-state index is -0.693. The van der Waals surface area contributed by atoms with Gasteiger partial charge in [-0.2, -0.15) is 5.26 Å². The molecule has 0 bridgehead atoms. The lowest BCUT2D eigenvalue weighted by molar-refractivity contribution is 0.0556. The van der Waals surface area contributed by atoms with Gasteiger partial charge in [-0.3, -0.25) is 0 Å². The number of thiophene rings is 1. The van der Waals surface area contributed by atoms with Crippen LogP contribution in [0.5, 0.6) is 0 Å². The number of fused-ring (bicyclic) bond motifs is 1. The first-order valence-corrected chi connectivity index (χ1v) is 8.25. The van der Waals surface area contributed by atoms with Gasteiger partial charge in [0.2, 0.25) is 0 Å². The normalized spacial score (nSPS) is 22.3. The Bertz CT molecular complexity index is 685. The molecule has 21 heavy (non-hydrogen) atoms. The number of nitriles is 1. The van der Waals surface area contributed by atoms with Crippen molar-refractivity contribution in [3.63, 3.8) is 0 Å². The molecule has 3 heteroatoms. The summed E-state index contributed by atoms with van der Waals surface area (Å²) in [5, 5.41) is 20.6. The summed E-state index contributed by atoms with van der Waals surface area (Å²) in [6, 6.07) is 14.7. The summed E-state index contributed by atoms with van der Waals surface area (Å²) in [6.07, 6.45) is 2.51. The zero-order valence-corrected chi connectivity index (χ0v) is 13.0. The molecule has 1 aliphatic carbocycles. The molecular weight excluding hydrogens is 278 g/mol. The van der Waals surface area contributed by atoms with Crippen molar-refractivity contribution in [3.8, 4) is 6.07 Å². The van der Waals surface area contributed by atoms with E-state index in [1.165, 1.54) is 16.0 Å². The van der Waals surface area contributed by atoms with Gasteiger partial charge >= 0.3 is 0 Å². The molecule has 0 aliphatic heterocycles. The van der Waals surface area contributed by atoms with Crippen LogP contribution in [0.3, 0.4) is 0 Å². The lowest BCUT2D eigenvalue weighted by Gasteiger charge is -2.35. The van der Waals surface area contributed by atoms with Crippen LogP contribution in [0.15, 0.2) is 36.4 Å². The smallest absolute Gasteiger partial charge is 0.107 e. The summed E-state index contributed by atoms with van der Waals surface area (Å²) in [5.41, 5.74) is 1.83. The van der Waals surface area contributed by atoms with E-state index in [0.717, 1.165) is 24.1 Å². The van der Waals surface area contributed by atoms with Crippen LogP contribution < -0.4 is 0 Å². The first kappa shape index (κ1) is 14.3. The molecule has 2 atom stereocenters. The number of hydrogen-bond donors (Lipinski definition) is 1. The minimum Gasteiger partial charge on any atom is -0.386 e. The lowest BCUT2D eigenvalue weighted by atomic mass is 9.69. The SMILES string of the molecule is CCc1ccc(C(O)C2(C#N)CCc3ccccc3C2)s1. The number of rotatable bonds is 3. The lowest BCUT2D eigenvalue weighted by Crippen LogP contribution is -2.33. The average molecular weight is 297 g/mol. The molecule has 2 aromatic rings.